The van der Waals surface area contributed by atoms with Crippen LogP contribution in [0.4, 0.5) is 0 Å². The Morgan fingerprint density at radius 3 is 2.39 bits per heavy atom. The molecule has 0 aliphatic carbocycles. The summed E-state index contributed by atoms with van der Waals surface area (Å²) in [5, 5.41) is 8.22. The summed E-state index contributed by atoms with van der Waals surface area (Å²) < 4.78 is 2.24. The van der Waals surface area contributed by atoms with Gasteiger partial charge in [0.15, 0.2) is 0 Å². The topological polar surface area (TPSA) is 29.9 Å². The van der Waals surface area contributed by atoms with E-state index >= 15 is 0 Å². The van der Waals surface area contributed by atoms with E-state index < -0.39 is 0 Å². The molecule has 0 saturated heterocycles. The number of aromatic nitrogens is 2. The van der Waals surface area contributed by atoms with Crippen LogP contribution >= 0.6 is 0 Å². The molecule has 0 atom stereocenters. The molecule has 0 saturated carbocycles. The summed E-state index contributed by atoms with van der Waals surface area (Å²) in [6.45, 7) is 14.3. The van der Waals surface area contributed by atoms with E-state index in [-0.39, 0.29) is 0 Å². The van der Waals surface area contributed by atoms with Gasteiger partial charge in [0.05, 0.1) is 5.69 Å². The van der Waals surface area contributed by atoms with Gasteiger partial charge in [-0.05, 0) is 43.8 Å². The highest BCUT2D eigenvalue weighted by Crippen LogP contribution is 2.18. The summed E-state index contributed by atoms with van der Waals surface area (Å²) in [6, 6.07) is 0. The Morgan fingerprint density at radius 2 is 1.89 bits per heavy atom. The van der Waals surface area contributed by atoms with Crippen LogP contribution in [0.2, 0.25) is 0 Å². The van der Waals surface area contributed by atoms with Crippen LogP contribution in [0.5, 0.6) is 0 Å². The molecule has 1 aromatic rings. The van der Waals surface area contributed by atoms with Crippen LogP contribution in [0.3, 0.4) is 0 Å². The fourth-order valence-corrected chi connectivity index (χ4v) is 2.44. The first-order valence-corrected chi connectivity index (χ1v) is 7.42. The molecule has 1 rings (SSSR count). The highest BCUT2D eigenvalue weighted by Gasteiger charge is 2.15. The molecule has 0 fully saturated rings. The van der Waals surface area contributed by atoms with E-state index in [2.05, 4.69) is 44.6 Å². The zero-order chi connectivity index (χ0) is 13.5. The van der Waals surface area contributed by atoms with Crippen LogP contribution in [0, 0.1) is 5.92 Å². The Hall–Kier alpha value is -0.830. The zero-order valence-electron chi connectivity index (χ0n) is 12.7. The first-order chi connectivity index (χ1) is 8.63. The van der Waals surface area contributed by atoms with Crippen molar-refractivity contribution in [1.29, 1.82) is 0 Å². The molecular formula is C15H29N3. The lowest BCUT2D eigenvalue weighted by Crippen LogP contribution is -2.17. The molecule has 0 aliphatic rings. The van der Waals surface area contributed by atoms with E-state index in [4.69, 9.17) is 5.10 Å². The van der Waals surface area contributed by atoms with Gasteiger partial charge >= 0.3 is 0 Å². The van der Waals surface area contributed by atoms with Gasteiger partial charge < -0.3 is 5.32 Å². The van der Waals surface area contributed by atoms with Gasteiger partial charge in [-0.1, -0.05) is 34.6 Å². The maximum atomic E-state index is 4.81. The smallest absolute Gasteiger partial charge is 0.0657 e. The summed E-state index contributed by atoms with van der Waals surface area (Å²) in [6.07, 6.45) is 3.24. The molecule has 0 spiro atoms. The van der Waals surface area contributed by atoms with Crippen LogP contribution in [0.1, 0.15) is 51.6 Å². The molecule has 18 heavy (non-hydrogen) atoms. The van der Waals surface area contributed by atoms with Gasteiger partial charge in [0.1, 0.15) is 0 Å². The number of hydrogen-bond donors (Lipinski definition) is 1. The first kappa shape index (κ1) is 15.2. The highest BCUT2D eigenvalue weighted by molar-refractivity contribution is 5.27. The van der Waals surface area contributed by atoms with Gasteiger partial charge in [-0.3, -0.25) is 4.68 Å². The van der Waals surface area contributed by atoms with Gasteiger partial charge in [-0.25, -0.2) is 0 Å². The summed E-state index contributed by atoms with van der Waals surface area (Å²) in [7, 11) is 0. The average Bonchev–Trinajstić information content (AvgIpc) is 2.66. The van der Waals surface area contributed by atoms with Gasteiger partial charge in [0.2, 0.25) is 0 Å². The largest absolute Gasteiger partial charge is 0.317 e. The fourth-order valence-electron chi connectivity index (χ4n) is 2.44. The third-order valence-electron chi connectivity index (χ3n) is 3.26. The summed E-state index contributed by atoms with van der Waals surface area (Å²) >= 11 is 0. The maximum absolute atomic E-state index is 4.81. The minimum absolute atomic E-state index is 0.654. The average molecular weight is 251 g/mol. The van der Waals surface area contributed by atoms with Gasteiger partial charge in [-0.2, -0.15) is 5.10 Å². The Kier molecular flexibility index (Phi) is 6.41. The molecule has 0 bridgehead atoms. The van der Waals surface area contributed by atoms with Gasteiger partial charge in [0, 0.05) is 12.2 Å². The molecule has 3 heteroatoms. The predicted octanol–water partition coefficient (Wildman–Crippen LogP) is 2.82. The van der Waals surface area contributed by atoms with Crippen molar-refractivity contribution in [3.05, 3.63) is 17.0 Å². The lowest BCUT2D eigenvalue weighted by atomic mass is 10.1. The monoisotopic (exact) mass is 251 g/mol. The molecule has 1 heterocycles. The van der Waals surface area contributed by atoms with Crippen molar-refractivity contribution in [1.82, 2.24) is 15.1 Å². The molecule has 0 aliphatic heterocycles. The second-order valence-corrected chi connectivity index (χ2v) is 5.26. The highest BCUT2D eigenvalue weighted by atomic mass is 15.3. The fraction of sp³-hybridized carbons (Fsp3) is 0.800. The minimum Gasteiger partial charge on any atom is -0.317 e. The third kappa shape index (κ3) is 3.84. The lowest BCUT2D eigenvalue weighted by Gasteiger charge is -2.10. The molecule has 3 nitrogen and oxygen atoms in total. The zero-order valence-corrected chi connectivity index (χ0v) is 12.7. The van der Waals surface area contributed by atoms with E-state index in [0.717, 1.165) is 38.9 Å². The van der Waals surface area contributed by atoms with Crippen molar-refractivity contribution in [2.45, 2.75) is 60.4 Å². The number of hydrogen-bond acceptors (Lipinski definition) is 2. The lowest BCUT2D eigenvalue weighted by molar-refractivity contribution is 0.467. The van der Waals surface area contributed by atoms with E-state index in [9.17, 15) is 0 Å². The first-order valence-electron chi connectivity index (χ1n) is 7.42. The van der Waals surface area contributed by atoms with Crippen LogP contribution in [-0.4, -0.2) is 22.9 Å². The number of rotatable bonds is 8. The quantitative estimate of drug-likeness (QED) is 0.720. The number of likely N-dealkylation sites (N-methyl/N-ethyl adjacent to an activating group) is 1. The number of aryl methyl sites for hydroxylation is 1. The van der Waals surface area contributed by atoms with Crippen LogP contribution in [-0.2, 0) is 25.8 Å². The van der Waals surface area contributed by atoms with Gasteiger partial charge in [0.25, 0.3) is 0 Å². The van der Waals surface area contributed by atoms with Crippen LogP contribution < -0.4 is 5.32 Å². The van der Waals surface area contributed by atoms with E-state index in [0.29, 0.717) is 5.92 Å². The predicted molar refractivity (Wildman–Crippen MR) is 78.1 cm³/mol. The molecule has 0 radical (unpaired) electrons. The molecule has 1 aromatic heterocycles. The standard InChI is InChI=1S/C15H29N3/c1-6-14-13(9-10-16-8-3)15(7-2)18(17-14)11-12(4)5/h12,16H,6-11H2,1-5H3. The second kappa shape index (κ2) is 7.57. The van der Waals surface area contributed by atoms with Crippen molar-refractivity contribution in [2.75, 3.05) is 13.1 Å². The van der Waals surface area contributed by atoms with E-state index in [1.165, 1.54) is 17.0 Å². The molecular weight excluding hydrogens is 222 g/mol. The third-order valence-corrected chi connectivity index (χ3v) is 3.26. The van der Waals surface area contributed by atoms with Crippen molar-refractivity contribution in [2.24, 2.45) is 5.92 Å². The van der Waals surface area contributed by atoms with Crippen LogP contribution in [0.25, 0.3) is 0 Å². The minimum atomic E-state index is 0.654. The molecule has 0 amide bonds. The number of nitrogens with one attached hydrogen (secondary N) is 1. The van der Waals surface area contributed by atoms with Gasteiger partial charge in [-0.15, -0.1) is 0 Å². The van der Waals surface area contributed by atoms with Crippen molar-refractivity contribution in [3.8, 4) is 0 Å². The van der Waals surface area contributed by atoms with E-state index in [1.54, 1.807) is 0 Å². The van der Waals surface area contributed by atoms with E-state index in [1.807, 2.05) is 0 Å². The summed E-state index contributed by atoms with van der Waals surface area (Å²) in [4.78, 5) is 0. The Bertz CT molecular complexity index is 353. The summed E-state index contributed by atoms with van der Waals surface area (Å²) in [5.74, 6) is 0.654. The normalized spacial score (nSPS) is 11.4. The molecule has 1 N–H and O–H groups in total. The van der Waals surface area contributed by atoms with Crippen molar-refractivity contribution in [3.63, 3.8) is 0 Å². The summed E-state index contributed by atoms with van der Waals surface area (Å²) in [5.41, 5.74) is 4.23. The molecule has 104 valence electrons. The number of nitrogens with zero attached hydrogens (tertiary/aromatic N) is 2. The maximum Gasteiger partial charge on any atom is 0.0657 e. The Balaban J connectivity index is 2.93. The molecule has 0 aromatic carbocycles. The van der Waals surface area contributed by atoms with Crippen molar-refractivity contribution < 1.29 is 0 Å². The van der Waals surface area contributed by atoms with Crippen molar-refractivity contribution >= 4 is 0 Å². The second-order valence-electron chi connectivity index (χ2n) is 5.26. The Labute approximate surface area is 112 Å². The molecule has 0 unspecified atom stereocenters. The van der Waals surface area contributed by atoms with Crippen LogP contribution in [0.15, 0.2) is 0 Å². The Morgan fingerprint density at radius 1 is 1.17 bits per heavy atom. The SMILES string of the molecule is CCNCCc1c(CC)nn(CC(C)C)c1CC.